The zero-order valence-electron chi connectivity index (χ0n) is 28.8. The number of nitrogens with one attached hydrogen (secondary N) is 4. The quantitative estimate of drug-likeness (QED) is 0.0602. The van der Waals surface area contributed by atoms with Crippen LogP contribution in [0.4, 0.5) is 27.5 Å². The van der Waals surface area contributed by atoms with Gasteiger partial charge in [0, 0.05) is 32.9 Å². The first-order chi connectivity index (χ1) is 26.1. The molecule has 0 saturated heterocycles. The lowest BCUT2D eigenvalue weighted by Gasteiger charge is -2.16. The summed E-state index contributed by atoms with van der Waals surface area (Å²) in [6, 6.07) is 19.8. The van der Waals surface area contributed by atoms with Crippen LogP contribution >= 0.6 is 0 Å². The van der Waals surface area contributed by atoms with Crippen molar-refractivity contribution in [3.05, 3.63) is 108 Å². The van der Waals surface area contributed by atoms with E-state index in [9.17, 15) is 57.8 Å². The Morgan fingerprint density at radius 3 is 1.16 bits per heavy atom. The van der Waals surface area contributed by atoms with E-state index >= 15 is 0 Å². The molecule has 0 aromatic heterocycles. The first-order valence-corrected chi connectivity index (χ1v) is 21.7. The molecule has 0 aliphatic carbocycles. The Bertz CT molecular complexity index is 2880. The molecule has 2 amide bonds. The van der Waals surface area contributed by atoms with Gasteiger partial charge in [-0.25, -0.2) is 21.6 Å². The number of aryl methyl sites for hydroxylation is 2. The summed E-state index contributed by atoms with van der Waals surface area (Å²) in [6.07, 6.45) is 0. The standard InChI is InChI=1S/C35H30N4O13S4/c1-19-11-13-21(15-29(19)53(43,44)38-27-17-31(55(47,48)49)33(40)25-9-5-3-7-23(25)27)36-35(42)37-22-14-12-20(2)30(16-22)54(45,46)39-28-18-32(56(50,51)52)34(41)26-10-6-4-8-24(26)28/h3-18,38-41H,1-2H3,(H2,36,37,42)(H,47,48,49)(H,50,51,52). The summed E-state index contributed by atoms with van der Waals surface area (Å²) in [5, 5.41) is 26.0. The number of benzene rings is 6. The van der Waals surface area contributed by atoms with E-state index in [4.69, 9.17) is 0 Å². The van der Waals surface area contributed by atoms with E-state index in [1.807, 2.05) is 0 Å². The largest absolute Gasteiger partial charge is 0.506 e. The molecule has 21 heteroatoms. The van der Waals surface area contributed by atoms with Gasteiger partial charge in [0.15, 0.2) is 0 Å². The van der Waals surface area contributed by atoms with Crippen molar-refractivity contribution in [2.75, 3.05) is 20.1 Å². The summed E-state index contributed by atoms with van der Waals surface area (Å²) < 4.78 is 126. The average Bonchev–Trinajstić information content (AvgIpc) is 3.11. The second-order valence-electron chi connectivity index (χ2n) is 12.3. The minimum Gasteiger partial charge on any atom is -0.506 e. The number of sulfonamides is 2. The maximum Gasteiger partial charge on any atom is 0.323 e. The number of phenolic OH excluding ortho intramolecular Hbond substituents is 2. The zero-order chi connectivity index (χ0) is 41.0. The highest BCUT2D eigenvalue weighted by molar-refractivity contribution is 7.93. The molecule has 0 atom stereocenters. The molecular formula is C35H30N4O13S4. The zero-order valence-corrected chi connectivity index (χ0v) is 32.1. The Hall–Kier alpha value is -5.97. The number of phenols is 2. The number of urea groups is 1. The van der Waals surface area contributed by atoms with Gasteiger partial charge in [-0.05, 0) is 61.4 Å². The van der Waals surface area contributed by atoms with Crippen LogP contribution in [-0.2, 0) is 40.3 Å². The van der Waals surface area contributed by atoms with Crippen LogP contribution in [0.1, 0.15) is 11.1 Å². The Labute approximate surface area is 320 Å². The molecule has 0 radical (unpaired) electrons. The van der Waals surface area contributed by atoms with Gasteiger partial charge in [-0.3, -0.25) is 18.5 Å². The van der Waals surface area contributed by atoms with E-state index in [2.05, 4.69) is 20.1 Å². The highest BCUT2D eigenvalue weighted by atomic mass is 32.2. The van der Waals surface area contributed by atoms with E-state index in [1.54, 1.807) is 0 Å². The molecule has 0 bridgehead atoms. The normalized spacial score (nSPS) is 12.4. The summed E-state index contributed by atoms with van der Waals surface area (Å²) >= 11 is 0. The molecule has 0 spiro atoms. The van der Waals surface area contributed by atoms with E-state index in [-0.39, 0.29) is 65.2 Å². The summed E-state index contributed by atoms with van der Waals surface area (Å²) in [5.74, 6) is -1.57. The van der Waals surface area contributed by atoms with Gasteiger partial charge in [-0.15, -0.1) is 0 Å². The molecule has 292 valence electrons. The van der Waals surface area contributed by atoms with Crippen molar-refractivity contribution in [2.45, 2.75) is 33.4 Å². The molecule has 6 aromatic carbocycles. The minimum absolute atomic E-state index is 0.0295. The SMILES string of the molecule is Cc1ccc(NC(=O)Nc2ccc(C)c(S(=O)(=O)Nc3cc(S(=O)(=O)O)c(O)c4ccccc34)c2)cc1S(=O)(=O)Nc1cc(S(=O)(=O)O)c(O)c2ccccc12. The molecule has 6 aromatic rings. The number of carbonyl (C=O) groups is 1. The minimum atomic E-state index is -4.98. The van der Waals surface area contributed by atoms with Crippen LogP contribution in [0.2, 0.25) is 0 Å². The molecule has 8 N–H and O–H groups in total. The van der Waals surface area contributed by atoms with Crippen molar-refractivity contribution >= 4 is 90.6 Å². The molecule has 17 nitrogen and oxygen atoms in total. The monoisotopic (exact) mass is 842 g/mol. The molecule has 0 heterocycles. The van der Waals surface area contributed by atoms with Gasteiger partial charge in [-0.1, -0.05) is 60.7 Å². The first-order valence-electron chi connectivity index (χ1n) is 15.9. The van der Waals surface area contributed by atoms with E-state index < -0.39 is 67.6 Å². The molecule has 56 heavy (non-hydrogen) atoms. The number of hydrogen-bond donors (Lipinski definition) is 8. The third-order valence-corrected chi connectivity index (χ3v) is 13.2. The van der Waals surface area contributed by atoms with Crippen molar-refractivity contribution in [3.8, 4) is 11.5 Å². The number of carbonyl (C=O) groups excluding carboxylic acids is 1. The fourth-order valence-corrected chi connectivity index (χ4v) is 9.79. The smallest absolute Gasteiger partial charge is 0.323 e. The van der Waals surface area contributed by atoms with Crippen LogP contribution < -0.4 is 20.1 Å². The van der Waals surface area contributed by atoms with Crippen LogP contribution in [0.3, 0.4) is 0 Å². The maximum atomic E-state index is 13.7. The number of aromatic hydroxyl groups is 2. The summed E-state index contributed by atoms with van der Waals surface area (Å²) in [6.45, 7) is 2.92. The van der Waals surface area contributed by atoms with Crippen molar-refractivity contribution in [1.29, 1.82) is 0 Å². The topological polar surface area (TPSA) is 283 Å². The van der Waals surface area contributed by atoms with Crippen molar-refractivity contribution in [1.82, 2.24) is 0 Å². The van der Waals surface area contributed by atoms with Crippen LogP contribution in [0.25, 0.3) is 21.5 Å². The molecule has 0 unspecified atom stereocenters. The van der Waals surface area contributed by atoms with Crippen LogP contribution in [0, 0.1) is 13.8 Å². The average molecular weight is 843 g/mol. The van der Waals surface area contributed by atoms with Crippen molar-refractivity contribution < 1.29 is 57.8 Å². The van der Waals surface area contributed by atoms with Crippen LogP contribution in [-0.4, -0.2) is 59.0 Å². The lowest BCUT2D eigenvalue weighted by Crippen LogP contribution is -2.21. The number of amides is 2. The molecule has 0 aliphatic rings. The number of rotatable bonds is 10. The van der Waals surface area contributed by atoms with Gasteiger partial charge >= 0.3 is 6.03 Å². The van der Waals surface area contributed by atoms with E-state index in [0.29, 0.717) is 0 Å². The first kappa shape index (κ1) is 39.7. The summed E-state index contributed by atoms with van der Waals surface area (Å²) in [5.41, 5.74) is -0.186. The maximum absolute atomic E-state index is 13.7. The van der Waals surface area contributed by atoms with Crippen LogP contribution in [0.5, 0.6) is 11.5 Å². The summed E-state index contributed by atoms with van der Waals surface area (Å²) in [4.78, 5) is 10.6. The predicted octanol–water partition coefficient (Wildman–Crippen LogP) is 5.76. The molecular weight excluding hydrogens is 813 g/mol. The second kappa shape index (κ2) is 14.3. The molecule has 0 fully saturated rings. The van der Waals surface area contributed by atoms with Gasteiger partial charge in [-0.2, -0.15) is 16.8 Å². The Morgan fingerprint density at radius 1 is 0.482 bits per heavy atom. The second-order valence-corrected chi connectivity index (χ2v) is 18.4. The Morgan fingerprint density at radius 2 is 0.821 bits per heavy atom. The predicted molar refractivity (Wildman–Crippen MR) is 207 cm³/mol. The molecule has 6 rings (SSSR count). The Balaban J connectivity index is 1.26. The fourth-order valence-electron chi connectivity index (χ4n) is 5.86. The van der Waals surface area contributed by atoms with Gasteiger partial charge in [0.25, 0.3) is 40.3 Å². The van der Waals surface area contributed by atoms with Crippen LogP contribution in [0.15, 0.2) is 117 Å². The van der Waals surface area contributed by atoms with E-state index in [0.717, 1.165) is 24.3 Å². The van der Waals surface area contributed by atoms with Gasteiger partial charge in [0.2, 0.25) is 0 Å². The fraction of sp³-hybridized carbons (Fsp3) is 0.0571. The van der Waals surface area contributed by atoms with Gasteiger partial charge in [0.05, 0.1) is 21.2 Å². The number of fused-ring (bicyclic) bond motifs is 2. The lowest BCUT2D eigenvalue weighted by molar-refractivity contribution is 0.262. The lowest BCUT2D eigenvalue weighted by atomic mass is 10.1. The van der Waals surface area contributed by atoms with Gasteiger partial charge in [0.1, 0.15) is 21.3 Å². The summed E-state index contributed by atoms with van der Waals surface area (Å²) in [7, 11) is -19.0. The van der Waals surface area contributed by atoms with Crippen molar-refractivity contribution in [3.63, 3.8) is 0 Å². The third-order valence-electron chi connectivity index (χ3n) is 8.48. The molecule has 0 aliphatic heterocycles. The van der Waals surface area contributed by atoms with Gasteiger partial charge < -0.3 is 20.8 Å². The third kappa shape index (κ3) is 7.89. The highest BCUT2D eigenvalue weighted by Crippen LogP contribution is 2.40. The highest BCUT2D eigenvalue weighted by Gasteiger charge is 2.26. The number of hydrogen-bond acceptors (Lipinski definition) is 11. The van der Waals surface area contributed by atoms with E-state index in [1.165, 1.54) is 86.6 Å². The molecule has 0 saturated carbocycles. The van der Waals surface area contributed by atoms with Crippen molar-refractivity contribution in [2.24, 2.45) is 0 Å². The number of anilines is 4. The Kier molecular flexibility index (Phi) is 10.1.